The first-order valence-corrected chi connectivity index (χ1v) is 4.34. The molecule has 0 saturated heterocycles. The summed E-state index contributed by atoms with van der Waals surface area (Å²) in [5, 5.41) is 3.96. The highest BCUT2D eigenvalue weighted by Crippen LogP contribution is 2.08. The number of carbonyl (C=O) groups excluding carboxylic acids is 1. The zero-order chi connectivity index (χ0) is 8.27. The van der Waals surface area contributed by atoms with Gasteiger partial charge >= 0.3 is 0 Å². The number of hydrogen-bond donors (Lipinski definition) is 0. The van der Waals surface area contributed by atoms with Gasteiger partial charge < -0.3 is 0 Å². The molecule has 0 aliphatic heterocycles. The first kappa shape index (κ1) is 8.21. The monoisotopic (exact) mass is 166 g/mol. The van der Waals surface area contributed by atoms with E-state index in [1.54, 1.807) is 18.3 Å². The topological polar surface area (TPSA) is 17.1 Å². The van der Waals surface area contributed by atoms with Crippen molar-refractivity contribution in [2.45, 2.75) is 13.3 Å². The van der Waals surface area contributed by atoms with Crippen molar-refractivity contribution in [1.82, 2.24) is 0 Å². The molecule has 1 heterocycles. The molecule has 1 rings (SSSR count). The van der Waals surface area contributed by atoms with Gasteiger partial charge in [-0.3, -0.25) is 4.79 Å². The molecule has 0 aromatic carbocycles. The summed E-state index contributed by atoms with van der Waals surface area (Å²) in [5.41, 5.74) is 1.72. The van der Waals surface area contributed by atoms with Crippen molar-refractivity contribution in [3.8, 4) is 0 Å². The third-order valence-electron chi connectivity index (χ3n) is 1.42. The van der Waals surface area contributed by atoms with E-state index in [9.17, 15) is 4.79 Å². The molecule has 0 fully saturated rings. The molecule has 0 spiro atoms. The van der Waals surface area contributed by atoms with Crippen LogP contribution in [0.2, 0.25) is 0 Å². The number of thiophene rings is 1. The molecule has 58 valence electrons. The van der Waals surface area contributed by atoms with E-state index >= 15 is 0 Å². The number of ketones is 1. The van der Waals surface area contributed by atoms with Crippen molar-refractivity contribution in [1.29, 1.82) is 0 Å². The molecule has 0 unspecified atom stereocenters. The van der Waals surface area contributed by atoms with Gasteiger partial charge in [-0.2, -0.15) is 11.3 Å². The fourth-order valence-corrected chi connectivity index (χ4v) is 1.40. The molecule has 0 N–H and O–H groups in total. The minimum Gasteiger partial charge on any atom is -0.294 e. The summed E-state index contributed by atoms with van der Waals surface area (Å²) >= 11 is 1.61. The van der Waals surface area contributed by atoms with Crippen LogP contribution >= 0.6 is 11.3 Å². The zero-order valence-electron chi connectivity index (χ0n) is 6.46. The summed E-state index contributed by atoms with van der Waals surface area (Å²) < 4.78 is 0. The van der Waals surface area contributed by atoms with Gasteiger partial charge in [-0.25, -0.2) is 0 Å². The largest absolute Gasteiger partial charge is 0.294 e. The minimum atomic E-state index is 0.128. The van der Waals surface area contributed by atoms with Crippen molar-refractivity contribution in [3.63, 3.8) is 0 Å². The first-order valence-electron chi connectivity index (χ1n) is 3.40. The van der Waals surface area contributed by atoms with E-state index in [0.29, 0.717) is 12.0 Å². The van der Waals surface area contributed by atoms with Crippen LogP contribution in [0.15, 0.2) is 29.0 Å². The number of allylic oxidation sites excluding steroid dienone is 1. The Kier molecular flexibility index (Phi) is 2.60. The normalized spacial score (nSPS) is 9.55. The van der Waals surface area contributed by atoms with E-state index in [4.69, 9.17) is 0 Å². The van der Waals surface area contributed by atoms with Gasteiger partial charge in [-0.1, -0.05) is 6.58 Å². The maximum absolute atomic E-state index is 11.1. The molecule has 11 heavy (non-hydrogen) atoms. The molecule has 0 radical (unpaired) electrons. The molecule has 1 aromatic rings. The molecule has 0 amide bonds. The van der Waals surface area contributed by atoms with Gasteiger partial charge in [0.2, 0.25) is 0 Å². The Morgan fingerprint density at radius 1 is 1.73 bits per heavy atom. The fourth-order valence-electron chi connectivity index (χ4n) is 0.730. The van der Waals surface area contributed by atoms with Crippen LogP contribution in [-0.2, 0) is 11.2 Å². The number of rotatable bonds is 3. The predicted molar refractivity (Wildman–Crippen MR) is 47.8 cm³/mol. The average Bonchev–Trinajstić information content (AvgIpc) is 2.39. The molecule has 1 nitrogen and oxygen atoms in total. The fraction of sp³-hybridized carbons (Fsp3) is 0.222. The van der Waals surface area contributed by atoms with Crippen LogP contribution in [-0.4, -0.2) is 5.78 Å². The summed E-state index contributed by atoms with van der Waals surface area (Å²) in [5.74, 6) is 0.128. The second-order valence-corrected chi connectivity index (χ2v) is 3.29. The third kappa shape index (κ3) is 2.31. The maximum Gasteiger partial charge on any atom is 0.162 e. The highest BCUT2D eigenvalue weighted by molar-refractivity contribution is 7.08. The quantitative estimate of drug-likeness (QED) is 0.630. The Hall–Kier alpha value is -0.890. The van der Waals surface area contributed by atoms with Crippen LogP contribution in [0.5, 0.6) is 0 Å². The predicted octanol–water partition coefficient (Wildman–Crippen LogP) is 2.44. The Morgan fingerprint density at radius 2 is 2.45 bits per heavy atom. The van der Waals surface area contributed by atoms with E-state index in [1.807, 2.05) is 16.8 Å². The lowest BCUT2D eigenvalue weighted by Crippen LogP contribution is -2.01. The van der Waals surface area contributed by atoms with E-state index in [2.05, 4.69) is 6.58 Å². The van der Waals surface area contributed by atoms with Crippen molar-refractivity contribution in [2.24, 2.45) is 0 Å². The minimum absolute atomic E-state index is 0.128. The second-order valence-electron chi connectivity index (χ2n) is 2.51. The highest BCUT2D eigenvalue weighted by Gasteiger charge is 2.03. The van der Waals surface area contributed by atoms with Crippen LogP contribution in [0.25, 0.3) is 0 Å². The molecule has 0 bridgehead atoms. The van der Waals surface area contributed by atoms with Crippen molar-refractivity contribution in [2.75, 3.05) is 0 Å². The van der Waals surface area contributed by atoms with Gasteiger partial charge in [0.05, 0.1) is 0 Å². The van der Waals surface area contributed by atoms with Crippen LogP contribution < -0.4 is 0 Å². The van der Waals surface area contributed by atoms with E-state index in [0.717, 1.165) is 5.56 Å². The summed E-state index contributed by atoms with van der Waals surface area (Å²) in [4.78, 5) is 11.1. The van der Waals surface area contributed by atoms with Gasteiger partial charge in [0.25, 0.3) is 0 Å². The third-order valence-corrected chi connectivity index (χ3v) is 2.15. The molecule has 0 aliphatic carbocycles. The van der Waals surface area contributed by atoms with Gasteiger partial charge in [0.15, 0.2) is 5.78 Å². The van der Waals surface area contributed by atoms with Gasteiger partial charge in [-0.05, 0) is 34.9 Å². The average molecular weight is 166 g/mol. The standard InChI is InChI=1S/C9H10OS/c1-7(2)9(10)5-8-3-4-11-6-8/h3-4,6H,1,5H2,2H3. The van der Waals surface area contributed by atoms with E-state index in [1.165, 1.54) is 0 Å². The smallest absolute Gasteiger partial charge is 0.162 e. The molecule has 0 aliphatic rings. The number of Topliss-reactive ketones (excluding diaryl/α,β-unsaturated/α-hetero) is 1. The second kappa shape index (κ2) is 3.49. The van der Waals surface area contributed by atoms with Gasteiger partial charge in [0.1, 0.15) is 0 Å². The van der Waals surface area contributed by atoms with Crippen molar-refractivity contribution >= 4 is 17.1 Å². The SMILES string of the molecule is C=C(C)C(=O)Cc1ccsc1. The molecule has 0 saturated carbocycles. The molecular formula is C9H10OS. The Morgan fingerprint density at radius 3 is 2.91 bits per heavy atom. The maximum atomic E-state index is 11.1. The van der Waals surface area contributed by atoms with Gasteiger partial charge in [0, 0.05) is 6.42 Å². The summed E-state index contributed by atoms with van der Waals surface area (Å²) in [6.07, 6.45) is 0.499. The van der Waals surface area contributed by atoms with Crippen molar-refractivity contribution in [3.05, 3.63) is 34.5 Å². The number of hydrogen-bond acceptors (Lipinski definition) is 2. The van der Waals surface area contributed by atoms with Gasteiger partial charge in [-0.15, -0.1) is 0 Å². The van der Waals surface area contributed by atoms with Crippen LogP contribution in [0.4, 0.5) is 0 Å². The lowest BCUT2D eigenvalue weighted by molar-refractivity contribution is -0.114. The lowest BCUT2D eigenvalue weighted by atomic mass is 10.1. The molecule has 0 atom stereocenters. The van der Waals surface area contributed by atoms with Crippen LogP contribution in [0.1, 0.15) is 12.5 Å². The zero-order valence-corrected chi connectivity index (χ0v) is 7.28. The Balaban J connectivity index is 2.57. The van der Waals surface area contributed by atoms with E-state index in [-0.39, 0.29) is 5.78 Å². The Labute approximate surface area is 70.4 Å². The summed E-state index contributed by atoms with van der Waals surface area (Å²) in [6, 6.07) is 1.96. The molecule has 1 aromatic heterocycles. The van der Waals surface area contributed by atoms with Crippen LogP contribution in [0, 0.1) is 0 Å². The lowest BCUT2D eigenvalue weighted by Gasteiger charge is -1.94. The van der Waals surface area contributed by atoms with Crippen molar-refractivity contribution < 1.29 is 4.79 Å². The first-order chi connectivity index (χ1) is 5.20. The van der Waals surface area contributed by atoms with Crippen LogP contribution in [0.3, 0.4) is 0 Å². The number of carbonyl (C=O) groups is 1. The highest BCUT2D eigenvalue weighted by atomic mass is 32.1. The summed E-state index contributed by atoms with van der Waals surface area (Å²) in [6.45, 7) is 5.33. The molecule has 2 heteroatoms. The van der Waals surface area contributed by atoms with E-state index < -0.39 is 0 Å². The molecular weight excluding hydrogens is 156 g/mol. The Bertz CT molecular complexity index is 259. The summed E-state index contributed by atoms with van der Waals surface area (Å²) in [7, 11) is 0.